The standard InChI is InChI=1S/C16H34N2O4Si/c1-3-21-23(22-4-2,15-9-17-5-11-19-12-6-17)16-10-18-7-13-20-14-8-18/h3-16H2,1-2H3. The van der Waals surface area contributed by atoms with E-state index in [-0.39, 0.29) is 0 Å². The summed E-state index contributed by atoms with van der Waals surface area (Å²) in [4.78, 5) is 4.97. The minimum Gasteiger partial charge on any atom is -0.394 e. The van der Waals surface area contributed by atoms with Crippen molar-refractivity contribution in [2.75, 3.05) is 78.9 Å². The minimum atomic E-state index is -2.13. The maximum absolute atomic E-state index is 6.25. The Morgan fingerprint density at radius 1 is 0.739 bits per heavy atom. The third-order valence-corrected chi connectivity index (χ3v) is 8.24. The lowest BCUT2D eigenvalue weighted by atomic mass is 10.4. The summed E-state index contributed by atoms with van der Waals surface area (Å²) in [5.74, 6) is 0. The zero-order valence-corrected chi connectivity index (χ0v) is 15.9. The van der Waals surface area contributed by atoms with Crippen molar-refractivity contribution in [2.45, 2.75) is 25.9 Å². The Morgan fingerprint density at radius 3 is 1.48 bits per heavy atom. The Kier molecular flexibility index (Phi) is 9.03. The lowest BCUT2D eigenvalue weighted by Crippen LogP contribution is -2.49. The smallest absolute Gasteiger partial charge is 0.340 e. The predicted octanol–water partition coefficient (Wildman–Crippen LogP) is 1.17. The number of hydrogen-bond donors (Lipinski definition) is 0. The number of morpholine rings is 2. The molecule has 0 aromatic carbocycles. The van der Waals surface area contributed by atoms with Crippen LogP contribution in [0.25, 0.3) is 0 Å². The molecule has 0 unspecified atom stereocenters. The van der Waals surface area contributed by atoms with Crippen LogP contribution in [-0.4, -0.2) is 97.3 Å². The Bertz CT molecular complexity index is 280. The fourth-order valence-corrected chi connectivity index (χ4v) is 6.56. The normalized spacial score (nSPS) is 21.7. The van der Waals surface area contributed by atoms with Gasteiger partial charge in [0.25, 0.3) is 0 Å². The topological polar surface area (TPSA) is 43.4 Å². The van der Waals surface area contributed by atoms with Crippen molar-refractivity contribution in [2.24, 2.45) is 0 Å². The van der Waals surface area contributed by atoms with Gasteiger partial charge in [-0.15, -0.1) is 0 Å². The van der Waals surface area contributed by atoms with Gasteiger partial charge in [0, 0.05) is 64.6 Å². The van der Waals surface area contributed by atoms with Crippen LogP contribution in [0, 0.1) is 0 Å². The van der Waals surface area contributed by atoms with Gasteiger partial charge in [0.1, 0.15) is 0 Å². The van der Waals surface area contributed by atoms with Crippen LogP contribution in [-0.2, 0) is 18.3 Å². The highest BCUT2D eigenvalue weighted by Crippen LogP contribution is 2.21. The zero-order chi connectivity index (χ0) is 16.4. The number of ether oxygens (including phenoxy) is 2. The van der Waals surface area contributed by atoms with Gasteiger partial charge < -0.3 is 18.3 Å². The highest BCUT2D eigenvalue weighted by atomic mass is 28.4. The molecule has 0 atom stereocenters. The van der Waals surface area contributed by atoms with E-state index < -0.39 is 8.56 Å². The number of hydrogen-bond acceptors (Lipinski definition) is 6. The molecule has 2 aliphatic heterocycles. The van der Waals surface area contributed by atoms with E-state index in [0.29, 0.717) is 0 Å². The molecule has 136 valence electrons. The van der Waals surface area contributed by atoms with Gasteiger partial charge >= 0.3 is 8.56 Å². The van der Waals surface area contributed by atoms with Gasteiger partial charge in [-0.2, -0.15) is 0 Å². The van der Waals surface area contributed by atoms with Crippen molar-refractivity contribution in [3.8, 4) is 0 Å². The van der Waals surface area contributed by atoms with Crippen LogP contribution in [0.15, 0.2) is 0 Å². The zero-order valence-electron chi connectivity index (χ0n) is 14.9. The predicted molar refractivity (Wildman–Crippen MR) is 93.1 cm³/mol. The van der Waals surface area contributed by atoms with E-state index in [0.717, 1.165) is 91.0 Å². The third kappa shape index (κ3) is 6.78. The van der Waals surface area contributed by atoms with Crippen LogP contribution in [0.1, 0.15) is 13.8 Å². The molecule has 0 spiro atoms. The molecule has 6 nitrogen and oxygen atoms in total. The van der Waals surface area contributed by atoms with Gasteiger partial charge in [-0.1, -0.05) is 0 Å². The monoisotopic (exact) mass is 346 g/mol. The lowest BCUT2D eigenvalue weighted by molar-refractivity contribution is 0.0361. The van der Waals surface area contributed by atoms with Crippen LogP contribution < -0.4 is 0 Å². The van der Waals surface area contributed by atoms with Crippen molar-refractivity contribution in [1.82, 2.24) is 9.80 Å². The summed E-state index contributed by atoms with van der Waals surface area (Å²) in [6.45, 7) is 15.4. The van der Waals surface area contributed by atoms with E-state index in [2.05, 4.69) is 23.6 Å². The molecule has 2 rings (SSSR count). The number of rotatable bonds is 10. The summed E-state index contributed by atoms with van der Waals surface area (Å²) in [6, 6.07) is 2.11. The summed E-state index contributed by atoms with van der Waals surface area (Å²) in [5, 5.41) is 0. The van der Waals surface area contributed by atoms with Crippen molar-refractivity contribution in [1.29, 1.82) is 0 Å². The Labute approximate surface area is 142 Å². The second-order valence-corrected chi connectivity index (χ2v) is 9.58. The Balaban J connectivity index is 1.86. The SMILES string of the molecule is CCO[Si](CCN1CCOCC1)(CCN1CCOCC1)OCC. The van der Waals surface area contributed by atoms with Gasteiger partial charge in [0.05, 0.1) is 26.4 Å². The van der Waals surface area contributed by atoms with Crippen molar-refractivity contribution < 1.29 is 18.3 Å². The minimum absolute atomic E-state index is 0.748. The van der Waals surface area contributed by atoms with E-state index in [1.807, 2.05) is 0 Å². The Morgan fingerprint density at radius 2 is 1.13 bits per heavy atom. The summed E-state index contributed by atoms with van der Waals surface area (Å²) < 4.78 is 23.4. The first-order valence-electron chi connectivity index (χ1n) is 9.16. The molecular weight excluding hydrogens is 312 g/mol. The molecule has 7 heteroatoms. The van der Waals surface area contributed by atoms with Crippen LogP contribution >= 0.6 is 0 Å². The molecule has 2 heterocycles. The highest BCUT2D eigenvalue weighted by molar-refractivity contribution is 6.67. The molecule has 2 fully saturated rings. The molecular formula is C16H34N2O4Si. The molecule has 23 heavy (non-hydrogen) atoms. The number of nitrogens with zero attached hydrogens (tertiary/aromatic N) is 2. The van der Waals surface area contributed by atoms with Gasteiger partial charge in [-0.3, -0.25) is 9.80 Å². The molecule has 0 aliphatic carbocycles. The van der Waals surface area contributed by atoms with Crippen LogP contribution in [0.2, 0.25) is 12.1 Å². The second kappa shape index (κ2) is 10.8. The van der Waals surface area contributed by atoms with Gasteiger partial charge in [-0.05, 0) is 13.8 Å². The molecule has 0 aromatic rings. The van der Waals surface area contributed by atoms with E-state index in [1.165, 1.54) is 0 Å². The summed E-state index contributed by atoms with van der Waals surface area (Å²) >= 11 is 0. The fourth-order valence-electron chi connectivity index (χ4n) is 3.29. The molecule has 2 aliphatic rings. The maximum Gasteiger partial charge on any atom is 0.340 e. The molecule has 2 saturated heterocycles. The van der Waals surface area contributed by atoms with Crippen LogP contribution in [0.5, 0.6) is 0 Å². The van der Waals surface area contributed by atoms with Gasteiger partial charge in [-0.25, -0.2) is 0 Å². The lowest BCUT2D eigenvalue weighted by Gasteiger charge is -2.35. The third-order valence-electron chi connectivity index (χ3n) is 4.64. The molecule has 0 amide bonds. The van der Waals surface area contributed by atoms with E-state index in [1.54, 1.807) is 0 Å². The Hall–Kier alpha value is -0.0231. The maximum atomic E-state index is 6.25. The first-order valence-corrected chi connectivity index (χ1v) is 11.4. The largest absolute Gasteiger partial charge is 0.394 e. The average Bonchev–Trinajstić information content (AvgIpc) is 2.60. The molecule has 0 saturated carbocycles. The van der Waals surface area contributed by atoms with E-state index >= 15 is 0 Å². The first kappa shape index (κ1) is 19.3. The van der Waals surface area contributed by atoms with E-state index in [9.17, 15) is 0 Å². The summed E-state index contributed by atoms with van der Waals surface area (Å²) in [6.07, 6.45) is 0. The molecule has 0 N–H and O–H groups in total. The van der Waals surface area contributed by atoms with Crippen molar-refractivity contribution in [3.63, 3.8) is 0 Å². The second-order valence-electron chi connectivity index (χ2n) is 6.18. The molecule has 0 aromatic heterocycles. The quantitative estimate of drug-likeness (QED) is 0.553. The van der Waals surface area contributed by atoms with Crippen molar-refractivity contribution >= 4 is 8.56 Å². The summed E-state index contributed by atoms with van der Waals surface area (Å²) in [5.41, 5.74) is 0. The average molecular weight is 347 g/mol. The van der Waals surface area contributed by atoms with Gasteiger partial charge in [0.2, 0.25) is 0 Å². The van der Waals surface area contributed by atoms with Gasteiger partial charge in [0.15, 0.2) is 0 Å². The van der Waals surface area contributed by atoms with Crippen molar-refractivity contribution in [3.05, 3.63) is 0 Å². The molecule has 0 radical (unpaired) electrons. The van der Waals surface area contributed by atoms with Crippen LogP contribution in [0.3, 0.4) is 0 Å². The van der Waals surface area contributed by atoms with Crippen LogP contribution in [0.4, 0.5) is 0 Å². The summed E-state index contributed by atoms with van der Waals surface area (Å²) in [7, 11) is -2.13. The van der Waals surface area contributed by atoms with E-state index in [4.69, 9.17) is 18.3 Å². The fraction of sp³-hybridized carbons (Fsp3) is 1.00. The highest BCUT2D eigenvalue weighted by Gasteiger charge is 2.37. The first-order chi connectivity index (χ1) is 11.3. The molecule has 0 bridgehead atoms.